The average Bonchev–Trinajstić information content (AvgIpc) is 1.92. The summed E-state index contributed by atoms with van der Waals surface area (Å²) in [6.45, 7) is 7.54. The molecule has 0 bridgehead atoms. The van der Waals surface area contributed by atoms with Gasteiger partial charge in [0.05, 0.1) is 0 Å². The summed E-state index contributed by atoms with van der Waals surface area (Å²) in [6, 6.07) is 0. The van der Waals surface area contributed by atoms with Gasteiger partial charge in [-0.2, -0.15) is 0 Å². The highest BCUT2D eigenvalue weighted by Gasteiger charge is 2.27. The smallest absolute Gasteiger partial charge is 0.294 e. The summed E-state index contributed by atoms with van der Waals surface area (Å²) in [5.74, 6) is 1.02. The number of likely N-dealkylation sites (tertiary alicyclic amines) is 1. The molecular weight excluding hydrogens is 172 g/mol. The summed E-state index contributed by atoms with van der Waals surface area (Å²) in [7, 11) is 0. The van der Waals surface area contributed by atoms with Crippen molar-refractivity contribution in [2.45, 2.75) is 13.8 Å². The molecule has 1 aliphatic rings. The summed E-state index contributed by atoms with van der Waals surface area (Å²) in [6.07, 6.45) is 0. The molecule has 5 heteroatoms. The zero-order valence-corrected chi connectivity index (χ0v) is 8.10. The van der Waals surface area contributed by atoms with Crippen molar-refractivity contribution in [3.05, 3.63) is 10.1 Å². The van der Waals surface area contributed by atoms with Crippen molar-refractivity contribution in [1.29, 1.82) is 0 Å². The lowest BCUT2D eigenvalue weighted by molar-refractivity contribution is -0.759. The van der Waals surface area contributed by atoms with Gasteiger partial charge in [-0.15, -0.1) is 10.1 Å². The molecule has 0 spiro atoms. The van der Waals surface area contributed by atoms with Crippen LogP contribution in [0.25, 0.3) is 0 Å². The van der Waals surface area contributed by atoms with Gasteiger partial charge in [-0.05, 0) is 5.92 Å². The minimum Gasteiger partial charge on any atom is -0.314 e. The third-order valence-corrected chi connectivity index (χ3v) is 2.07. The van der Waals surface area contributed by atoms with Gasteiger partial charge in [0.2, 0.25) is 0 Å². The van der Waals surface area contributed by atoms with Crippen LogP contribution in [0.2, 0.25) is 0 Å². The largest absolute Gasteiger partial charge is 0.314 e. The molecule has 5 nitrogen and oxygen atoms in total. The molecule has 1 heterocycles. The van der Waals surface area contributed by atoms with Gasteiger partial charge >= 0.3 is 0 Å². The van der Waals surface area contributed by atoms with Gasteiger partial charge in [-0.3, -0.25) is 0 Å². The zero-order valence-electron chi connectivity index (χ0n) is 8.10. The normalized spacial score (nSPS) is 18.7. The van der Waals surface area contributed by atoms with Crippen LogP contribution in [0.5, 0.6) is 0 Å². The van der Waals surface area contributed by atoms with Gasteiger partial charge in [0.15, 0.2) is 0 Å². The van der Waals surface area contributed by atoms with Crippen molar-refractivity contribution in [3.8, 4) is 0 Å². The lowest BCUT2D eigenvalue weighted by Gasteiger charge is -2.39. The van der Waals surface area contributed by atoms with E-state index in [1.54, 1.807) is 0 Å². The van der Waals surface area contributed by atoms with Crippen LogP contribution in [0, 0.1) is 22.0 Å². The maximum atomic E-state index is 9.87. The van der Waals surface area contributed by atoms with Gasteiger partial charge in [-0.1, -0.05) is 13.8 Å². The van der Waals surface area contributed by atoms with E-state index in [0.29, 0.717) is 11.8 Å². The first-order valence-corrected chi connectivity index (χ1v) is 4.57. The topological polar surface area (TPSA) is 55.6 Å². The van der Waals surface area contributed by atoms with E-state index in [1.807, 2.05) is 0 Å². The molecule has 1 fully saturated rings. The number of rotatable bonds is 5. The summed E-state index contributed by atoms with van der Waals surface area (Å²) in [5.41, 5.74) is 0. The summed E-state index contributed by atoms with van der Waals surface area (Å²) >= 11 is 0. The quantitative estimate of drug-likeness (QED) is 0.472. The van der Waals surface area contributed by atoms with Gasteiger partial charge in [0.25, 0.3) is 5.09 Å². The number of hydrogen-bond donors (Lipinski definition) is 0. The van der Waals surface area contributed by atoms with Gasteiger partial charge in [-0.25, -0.2) is 0 Å². The Hall–Kier alpha value is -0.840. The Balaban J connectivity index is 2.02. The van der Waals surface area contributed by atoms with E-state index < -0.39 is 5.09 Å². The third-order valence-electron chi connectivity index (χ3n) is 2.07. The van der Waals surface area contributed by atoms with Crippen LogP contribution in [0.3, 0.4) is 0 Å². The molecule has 1 rings (SSSR count). The van der Waals surface area contributed by atoms with Crippen LogP contribution < -0.4 is 0 Å². The molecule has 0 unspecified atom stereocenters. The van der Waals surface area contributed by atoms with Crippen LogP contribution >= 0.6 is 0 Å². The maximum Gasteiger partial charge on any atom is 0.294 e. The van der Waals surface area contributed by atoms with Crippen molar-refractivity contribution in [1.82, 2.24) is 4.90 Å². The van der Waals surface area contributed by atoms with Gasteiger partial charge in [0, 0.05) is 25.6 Å². The maximum absolute atomic E-state index is 9.87. The average molecular weight is 188 g/mol. The van der Waals surface area contributed by atoms with Gasteiger partial charge < -0.3 is 9.74 Å². The molecule has 1 saturated heterocycles. The van der Waals surface area contributed by atoms with Crippen LogP contribution in [0.4, 0.5) is 0 Å². The predicted octanol–water partition coefficient (Wildman–Crippen LogP) is 0.783. The molecule has 0 amide bonds. The summed E-state index contributed by atoms with van der Waals surface area (Å²) < 4.78 is 0. The summed E-state index contributed by atoms with van der Waals surface area (Å²) in [5, 5.41) is 9.16. The SMILES string of the molecule is CC(C)CN1CC(CO[N+](=O)[O-])C1. The van der Waals surface area contributed by atoms with E-state index in [0.717, 1.165) is 19.6 Å². The summed E-state index contributed by atoms with van der Waals surface area (Å²) in [4.78, 5) is 16.5. The van der Waals surface area contributed by atoms with Crippen molar-refractivity contribution in [2.75, 3.05) is 26.2 Å². The zero-order chi connectivity index (χ0) is 9.84. The molecule has 0 aromatic heterocycles. The van der Waals surface area contributed by atoms with Crippen LogP contribution in [-0.2, 0) is 4.84 Å². The molecular formula is C8H16N2O3. The Morgan fingerprint density at radius 1 is 1.62 bits per heavy atom. The van der Waals surface area contributed by atoms with E-state index in [2.05, 4.69) is 23.6 Å². The highest BCUT2D eigenvalue weighted by molar-refractivity contribution is 4.79. The Morgan fingerprint density at radius 3 is 2.69 bits per heavy atom. The van der Waals surface area contributed by atoms with Crippen molar-refractivity contribution >= 4 is 0 Å². The molecule has 0 aliphatic carbocycles. The molecule has 13 heavy (non-hydrogen) atoms. The van der Waals surface area contributed by atoms with E-state index in [4.69, 9.17) is 0 Å². The first-order chi connectivity index (χ1) is 6.08. The Labute approximate surface area is 77.8 Å². The molecule has 0 aromatic rings. The van der Waals surface area contributed by atoms with Crippen molar-refractivity contribution < 1.29 is 9.92 Å². The second kappa shape index (κ2) is 4.41. The van der Waals surface area contributed by atoms with Crippen LogP contribution in [-0.4, -0.2) is 36.2 Å². The minimum atomic E-state index is -0.717. The predicted molar refractivity (Wildman–Crippen MR) is 47.7 cm³/mol. The molecule has 76 valence electrons. The fourth-order valence-corrected chi connectivity index (χ4v) is 1.61. The highest BCUT2D eigenvalue weighted by atomic mass is 16.9. The van der Waals surface area contributed by atoms with E-state index in [1.165, 1.54) is 0 Å². The first-order valence-electron chi connectivity index (χ1n) is 4.57. The Bertz CT molecular complexity index is 178. The van der Waals surface area contributed by atoms with E-state index in [-0.39, 0.29) is 6.61 Å². The minimum absolute atomic E-state index is 0.252. The standard InChI is InChI=1S/C8H16N2O3/c1-7(2)3-9-4-8(5-9)6-13-10(11)12/h7-8H,3-6H2,1-2H3. The second-order valence-corrected chi connectivity index (χ2v) is 4.00. The number of hydrogen-bond acceptors (Lipinski definition) is 4. The molecule has 0 radical (unpaired) electrons. The fraction of sp³-hybridized carbons (Fsp3) is 1.00. The fourth-order valence-electron chi connectivity index (χ4n) is 1.61. The highest BCUT2D eigenvalue weighted by Crippen LogP contribution is 2.16. The van der Waals surface area contributed by atoms with E-state index in [9.17, 15) is 10.1 Å². The Kier molecular flexibility index (Phi) is 3.48. The Morgan fingerprint density at radius 2 is 2.23 bits per heavy atom. The molecule has 0 saturated carbocycles. The molecule has 0 aromatic carbocycles. The lowest BCUT2D eigenvalue weighted by atomic mass is 10.00. The first kappa shape index (κ1) is 10.2. The van der Waals surface area contributed by atoms with Crippen molar-refractivity contribution in [3.63, 3.8) is 0 Å². The lowest BCUT2D eigenvalue weighted by Crippen LogP contribution is -2.50. The molecule has 0 atom stereocenters. The van der Waals surface area contributed by atoms with Crippen LogP contribution in [0.15, 0.2) is 0 Å². The monoisotopic (exact) mass is 188 g/mol. The van der Waals surface area contributed by atoms with Crippen molar-refractivity contribution in [2.24, 2.45) is 11.8 Å². The van der Waals surface area contributed by atoms with Crippen LogP contribution in [0.1, 0.15) is 13.8 Å². The van der Waals surface area contributed by atoms with Gasteiger partial charge in [0.1, 0.15) is 6.61 Å². The second-order valence-electron chi connectivity index (χ2n) is 4.00. The third kappa shape index (κ3) is 3.59. The molecule has 0 N–H and O–H groups in total. The molecule has 1 aliphatic heterocycles. The number of nitrogens with zero attached hydrogens (tertiary/aromatic N) is 2. The van der Waals surface area contributed by atoms with E-state index >= 15 is 0 Å².